The molecule has 0 saturated heterocycles. The number of Topliss-reactive ketones (excluding diaryl/α,β-unsaturated/α-hetero) is 2. The third-order valence-corrected chi connectivity index (χ3v) is 6.46. The number of rotatable bonds is 6. The van der Waals surface area contributed by atoms with Gasteiger partial charge in [-0.05, 0) is 36.6 Å². The summed E-state index contributed by atoms with van der Waals surface area (Å²) in [7, 11) is 0. The Kier molecular flexibility index (Phi) is 5.54. The summed E-state index contributed by atoms with van der Waals surface area (Å²) in [6, 6.07) is 13.2. The van der Waals surface area contributed by atoms with Crippen LogP contribution < -0.4 is 4.74 Å². The van der Waals surface area contributed by atoms with E-state index in [4.69, 9.17) is 4.74 Å². The highest BCUT2D eigenvalue weighted by atomic mass is 16.5. The van der Waals surface area contributed by atoms with Crippen molar-refractivity contribution >= 4 is 17.5 Å². The number of imidazole rings is 1. The summed E-state index contributed by atoms with van der Waals surface area (Å²) < 4.78 is 8.19. The number of aryl methyl sites for hydroxylation is 1. The number of benzene rings is 2. The highest BCUT2D eigenvalue weighted by molar-refractivity contribution is 6.07. The average Bonchev–Trinajstić information content (AvgIpc) is 3.36. The molecule has 1 aliphatic carbocycles. The minimum absolute atomic E-state index is 0.0457. The zero-order chi connectivity index (χ0) is 22.9. The molecule has 0 radical (unpaired) electrons. The minimum Gasteiger partial charge on any atom is -0.489 e. The summed E-state index contributed by atoms with van der Waals surface area (Å²) >= 11 is 0. The van der Waals surface area contributed by atoms with Gasteiger partial charge in [0.15, 0.2) is 5.78 Å². The summed E-state index contributed by atoms with van der Waals surface area (Å²) in [4.78, 5) is 42.8. The first-order valence-corrected chi connectivity index (χ1v) is 11.2. The van der Waals surface area contributed by atoms with Gasteiger partial charge in [-0.25, -0.2) is 4.98 Å². The van der Waals surface area contributed by atoms with Crippen LogP contribution in [-0.4, -0.2) is 38.0 Å². The van der Waals surface area contributed by atoms with E-state index in [1.54, 1.807) is 23.2 Å². The molecule has 7 nitrogen and oxygen atoms in total. The molecule has 1 unspecified atom stereocenters. The molecule has 0 N–H and O–H groups in total. The molecule has 1 fully saturated rings. The number of amides is 1. The Morgan fingerprint density at radius 3 is 2.58 bits per heavy atom. The number of carbonyl (C=O) groups excluding carboxylic acids is 3. The summed E-state index contributed by atoms with van der Waals surface area (Å²) in [5.41, 5.74) is 3.58. The first-order chi connectivity index (χ1) is 16.0. The van der Waals surface area contributed by atoms with Crippen LogP contribution in [0.1, 0.15) is 52.1 Å². The summed E-state index contributed by atoms with van der Waals surface area (Å²) in [5, 5.41) is 0. The molecular formula is C26H25N3O4. The maximum absolute atomic E-state index is 13.0. The average molecular weight is 444 g/mol. The normalized spacial score (nSPS) is 18.0. The Hall–Kier alpha value is -3.74. The zero-order valence-corrected chi connectivity index (χ0v) is 18.5. The Balaban J connectivity index is 1.26. The molecule has 0 spiro atoms. The third kappa shape index (κ3) is 4.18. The van der Waals surface area contributed by atoms with Gasteiger partial charge in [-0.1, -0.05) is 30.3 Å². The van der Waals surface area contributed by atoms with Gasteiger partial charge in [-0.3, -0.25) is 14.4 Å². The van der Waals surface area contributed by atoms with Crippen molar-refractivity contribution in [3.05, 3.63) is 82.9 Å². The largest absolute Gasteiger partial charge is 0.489 e. The predicted molar refractivity (Wildman–Crippen MR) is 121 cm³/mol. The standard InChI is InChI=1S/C26H25N3O4/c1-17-27-11-12-28(17)14-18-5-7-19(8-6-18)16-33-25-4-2-3-21-22(25)15-29(26(21)32)23-10-9-20(30)13-24(23)31/h2-8,11-12,23H,9-10,13-16H2,1H3. The topological polar surface area (TPSA) is 81.5 Å². The van der Waals surface area contributed by atoms with Crippen molar-refractivity contribution in [3.63, 3.8) is 0 Å². The molecular weight excluding hydrogens is 418 g/mol. The van der Waals surface area contributed by atoms with Gasteiger partial charge in [-0.2, -0.15) is 0 Å². The van der Waals surface area contributed by atoms with E-state index < -0.39 is 6.04 Å². The fourth-order valence-electron chi connectivity index (χ4n) is 4.57. The van der Waals surface area contributed by atoms with E-state index in [0.717, 1.165) is 23.5 Å². The van der Waals surface area contributed by atoms with Crippen LogP contribution >= 0.6 is 0 Å². The molecule has 33 heavy (non-hydrogen) atoms. The van der Waals surface area contributed by atoms with Gasteiger partial charge >= 0.3 is 0 Å². The van der Waals surface area contributed by atoms with Crippen LogP contribution in [0, 0.1) is 6.92 Å². The van der Waals surface area contributed by atoms with E-state index in [2.05, 4.69) is 21.7 Å². The predicted octanol–water partition coefficient (Wildman–Crippen LogP) is 3.47. The van der Waals surface area contributed by atoms with Crippen LogP contribution in [0.25, 0.3) is 0 Å². The molecule has 0 bridgehead atoms. The van der Waals surface area contributed by atoms with E-state index in [9.17, 15) is 14.4 Å². The van der Waals surface area contributed by atoms with Gasteiger partial charge in [0, 0.05) is 36.5 Å². The highest BCUT2D eigenvalue weighted by Crippen LogP contribution is 2.34. The summed E-state index contributed by atoms with van der Waals surface area (Å²) in [6.45, 7) is 3.46. The van der Waals surface area contributed by atoms with Gasteiger partial charge in [0.2, 0.25) is 0 Å². The lowest BCUT2D eigenvalue weighted by molar-refractivity contribution is -0.133. The molecule has 168 valence electrons. The molecule has 2 heterocycles. The lowest BCUT2D eigenvalue weighted by Gasteiger charge is -2.29. The number of fused-ring (bicyclic) bond motifs is 1. The molecule has 1 aromatic heterocycles. The Bertz CT molecular complexity index is 1230. The van der Waals surface area contributed by atoms with Crippen LogP contribution in [0.4, 0.5) is 0 Å². The number of hydrogen-bond donors (Lipinski definition) is 0. The van der Waals surface area contributed by atoms with E-state index in [0.29, 0.717) is 37.3 Å². The number of aromatic nitrogens is 2. The van der Waals surface area contributed by atoms with Crippen LogP contribution in [0.2, 0.25) is 0 Å². The second kappa shape index (κ2) is 8.65. The molecule has 3 aromatic rings. The van der Waals surface area contributed by atoms with Gasteiger partial charge in [-0.15, -0.1) is 0 Å². The van der Waals surface area contributed by atoms with Crippen molar-refractivity contribution in [2.75, 3.05) is 0 Å². The van der Waals surface area contributed by atoms with Crippen molar-refractivity contribution < 1.29 is 19.1 Å². The van der Waals surface area contributed by atoms with Crippen molar-refractivity contribution in [2.45, 2.75) is 51.9 Å². The third-order valence-electron chi connectivity index (χ3n) is 6.46. The number of ketones is 2. The molecule has 2 aliphatic rings. The van der Waals surface area contributed by atoms with Gasteiger partial charge in [0.1, 0.15) is 24.0 Å². The molecule has 1 atom stereocenters. The summed E-state index contributed by atoms with van der Waals surface area (Å²) in [6.07, 6.45) is 4.43. The SMILES string of the molecule is Cc1nccn1Cc1ccc(COc2cccc3c2CN(C2CCC(=O)CC2=O)C3=O)cc1. The molecule has 1 amide bonds. The highest BCUT2D eigenvalue weighted by Gasteiger charge is 2.39. The summed E-state index contributed by atoms with van der Waals surface area (Å²) in [5.74, 6) is 1.25. The van der Waals surface area contributed by atoms with Gasteiger partial charge < -0.3 is 14.2 Å². The molecule has 7 heteroatoms. The van der Waals surface area contributed by atoms with Gasteiger partial charge in [0.25, 0.3) is 5.91 Å². The first-order valence-electron chi connectivity index (χ1n) is 11.2. The number of hydrogen-bond acceptors (Lipinski definition) is 5. The van der Waals surface area contributed by atoms with E-state index >= 15 is 0 Å². The first kappa shape index (κ1) is 21.1. The number of carbonyl (C=O) groups is 3. The second-order valence-electron chi connectivity index (χ2n) is 8.66. The van der Waals surface area contributed by atoms with E-state index in [1.807, 2.05) is 31.3 Å². The van der Waals surface area contributed by atoms with E-state index in [-0.39, 0.29) is 23.9 Å². The zero-order valence-electron chi connectivity index (χ0n) is 18.5. The van der Waals surface area contributed by atoms with Crippen molar-refractivity contribution in [2.24, 2.45) is 0 Å². The number of ether oxygens (including phenoxy) is 1. The second-order valence-corrected chi connectivity index (χ2v) is 8.66. The van der Waals surface area contributed by atoms with Crippen molar-refractivity contribution in [3.8, 4) is 5.75 Å². The molecule has 1 aliphatic heterocycles. The van der Waals surface area contributed by atoms with Crippen LogP contribution in [0.15, 0.2) is 54.9 Å². The lowest BCUT2D eigenvalue weighted by Crippen LogP contribution is -2.44. The maximum Gasteiger partial charge on any atom is 0.255 e. The lowest BCUT2D eigenvalue weighted by atomic mass is 9.92. The minimum atomic E-state index is -0.526. The van der Waals surface area contributed by atoms with Crippen molar-refractivity contribution in [1.29, 1.82) is 0 Å². The van der Waals surface area contributed by atoms with E-state index in [1.165, 1.54) is 5.56 Å². The Labute approximate surface area is 192 Å². The quantitative estimate of drug-likeness (QED) is 0.545. The molecule has 5 rings (SSSR count). The molecule has 1 saturated carbocycles. The van der Waals surface area contributed by atoms with Crippen LogP contribution in [0.5, 0.6) is 5.75 Å². The van der Waals surface area contributed by atoms with Crippen molar-refractivity contribution in [1.82, 2.24) is 14.5 Å². The smallest absolute Gasteiger partial charge is 0.255 e. The fraction of sp³-hybridized carbons (Fsp3) is 0.308. The Morgan fingerprint density at radius 1 is 1.06 bits per heavy atom. The molecule has 2 aromatic carbocycles. The monoisotopic (exact) mass is 443 g/mol. The van der Waals surface area contributed by atoms with Gasteiger partial charge in [0.05, 0.1) is 19.0 Å². The number of nitrogens with zero attached hydrogens (tertiary/aromatic N) is 3. The van der Waals surface area contributed by atoms with Crippen LogP contribution in [0.3, 0.4) is 0 Å². The Morgan fingerprint density at radius 2 is 1.85 bits per heavy atom. The van der Waals surface area contributed by atoms with Crippen LogP contribution in [-0.2, 0) is 29.3 Å². The maximum atomic E-state index is 13.0. The fourth-order valence-corrected chi connectivity index (χ4v) is 4.57.